The van der Waals surface area contributed by atoms with Gasteiger partial charge in [0.1, 0.15) is 25.1 Å². The first-order chi connectivity index (χ1) is 20.8. The number of fused-ring (bicyclic) bond motifs is 2. The van der Waals surface area contributed by atoms with Crippen LogP contribution >= 0.6 is 12.4 Å². The number of nitrogens with two attached hydrogens (primary N) is 1. The summed E-state index contributed by atoms with van der Waals surface area (Å²) >= 11 is 0. The summed E-state index contributed by atoms with van der Waals surface area (Å²) < 4.78 is 19.0. The Kier molecular flexibility index (Phi) is 10.4. The first kappa shape index (κ1) is 32.3. The van der Waals surface area contributed by atoms with Gasteiger partial charge in [0.05, 0.1) is 24.5 Å². The maximum absolute atomic E-state index is 14.4. The number of rotatable bonds is 9. The molecule has 10 heteroatoms. The summed E-state index contributed by atoms with van der Waals surface area (Å²) in [5.41, 5.74) is 8.49. The molecule has 0 fully saturated rings. The number of alkyl halides is 1. The smallest absolute Gasteiger partial charge is 0.258 e. The fourth-order valence-electron chi connectivity index (χ4n) is 5.25. The molecule has 4 aromatic rings. The zero-order chi connectivity index (χ0) is 30.5. The predicted octanol–water partition coefficient (Wildman–Crippen LogP) is 5.92. The molecule has 0 radical (unpaired) electrons. The van der Waals surface area contributed by atoms with Crippen molar-refractivity contribution in [2.75, 3.05) is 35.4 Å². The summed E-state index contributed by atoms with van der Waals surface area (Å²) in [6, 6.07) is 24.1. The molecule has 0 bridgehead atoms. The highest BCUT2D eigenvalue weighted by Gasteiger charge is 2.38. The number of halogens is 2. The van der Waals surface area contributed by atoms with Gasteiger partial charge in [-0.25, -0.2) is 4.39 Å². The van der Waals surface area contributed by atoms with Crippen molar-refractivity contribution in [2.24, 2.45) is 5.92 Å². The molecule has 2 atom stereocenters. The van der Waals surface area contributed by atoms with Gasteiger partial charge in [-0.15, -0.1) is 12.4 Å². The minimum absolute atomic E-state index is 0. The maximum Gasteiger partial charge on any atom is 0.258 e. The zero-order valence-corrected chi connectivity index (χ0v) is 25.5. The second-order valence-corrected chi connectivity index (χ2v) is 10.6. The molecule has 0 aromatic heterocycles. The molecule has 0 saturated carbocycles. The topological polar surface area (TPSA) is 105 Å². The van der Waals surface area contributed by atoms with Crippen LogP contribution in [0.1, 0.15) is 36.2 Å². The van der Waals surface area contributed by atoms with Crippen LogP contribution in [0.3, 0.4) is 0 Å². The highest BCUT2D eigenvalue weighted by atomic mass is 35.5. The summed E-state index contributed by atoms with van der Waals surface area (Å²) in [5, 5.41) is 4.70. The van der Waals surface area contributed by atoms with Crippen LogP contribution in [0.5, 0.6) is 5.75 Å². The number of carbonyl (C=O) groups is 3. The Morgan fingerprint density at radius 1 is 1.00 bits per heavy atom. The molecular formula is C34H36ClFN4O4. The molecule has 3 amide bonds. The van der Waals surface area contributed by atoms with Crippen LogP contribution in [0, 0.1) is 5.92 Å². The van der Waals surface area contributed by atoms with E-state index >= 15 is 0 Å². The van der Waals surface area contributed by atoms with Gasteiger partial charge < -0.3 is 25.6 Å². The normalized spacial score (nSPS) is 15.2. The lowest BCUT2D eigenvalue weighted by Gasteiger charge is -2.27. The number of carbonyl (C=O) groups excluding carboxylic acids is 3. The largest absolute Gasteiger partial charge is 0.490 e. The van der Waals surface area contributed by atoms with Crippen molar-refractivity contribution in [2.45, 2.75) is 32.9 Å². The quantitative estimate of drug-likeness (QED) is 0.227. The summed E-state index contributed by atoms with van der Waals surface area (Å²) in [4.78, 5) is 44.6. The second kappa shape index (κ2) is 14.2. The summed E-state index contributed by atoms with van der Waals surface area (Å²) in [6.45, 7) is 2.90. The molecule has 0 spiro atoms. The van der Waals surface area contributed by atoms with Crippen molar-refractivity contribution in [3.8, 4) is 5.75 Å². The van der Waals surface area contributed by atoms with Crippen molar-refractivity contribution in [3.05, 3.63) is 96.1 Å². The number of nitrogens with zero attached hydrogens (tertiary/aromatic N) is 2. The van der Waals surface area contributed by atoms with Gasteiger partial charge in [0.15, 0.2) is 0 Å². The Labute approximate surface area is 262 Å². The summed E-state index contributed by atoms with van der Waals surface area (Å²) in [6.07, 6.45) is 0.593. The predicted molar refractivity (Wildman–Crippen MR) is 174 cm³/mol. The SMILES string of the molecule is CC[C@@H](C)C(=O)N[C@H]1CN(C(=O)c2ccc(N)cc2)c2ccccc2N(Cc2c(OCCF)ccc3ccccc23)C1=O.Cl. The first-order valence-electron chi connectivity index (χ1n) is 14.4. The summed E-state index contributed by atoms with van der Waals surface area (Å²) in [7, 11) is 0. The van der Waals surface area contributed by atoms with E-state index in [-0.39, 0.29) is 55.7 Å². The fraction of sp³-hybridized carbons (Fsp3) is 0.265. The van der Waals surface area contributed by atoms with Crippen molar-refractivity contribution in [1.29, 1.82) is 0 Å². The minimum atomic E-state index is -1.03. The van der Waals surface area contributed by atoms with Crippen LogP contribution in [-0.4, -0.2) is 43.6 Å². The van der Waals surface area contributed by atoms with Crippen molar-refractivity contribution < 1.29 is 23.5 Å². The lowest BCUT2D eigenvalue weighted by Crippen LogP contribution is -2.53. The second-order valence-electron chi connectivity index (χ2n) is 10.6. The minimum Gasteiger partial charge on any atom is -0.490 e. The van der Waals surface area contributed by atoms with Gasteiger partial charge >= 0.3 is 0 Å². The molecule has 0 saturated heterocycles. The number of amides is 3. The van der Waals surface area contributed by atoms with Gasteiger partial charge in [0.25, 0.3) is 11.8 Å². The Hall–Kier alpha value is -4.63. The van der Waals surface area contributed by atoms with Crippen LogP contribution in [-0.2, 0) is 16.1 Å². The van der Waals surface area contributed by atoms with Gasteiger partial charge in [-0.1, -0.05) is 56.3 Å². The molecule has 0 unspecified atom stereocenters. The molecule has 1 heterocycles. The number of nitrogen functional groups attached to an aromatic ring is 1. The van der Waals surface area contributed by atoms with Crippen molar-refractivity contribution >= 4 is 58.0 Å². The number of hydrogen-bond donors (Lipinski definition) is 2. The third-order valence-corrected chi connectivity index (χ3v) is 7.82. The standard InChI is InChI=1S/C34H35FN4O4.ClH/c1-3-22(2)32(40)37-28-21-39(33(41)24-12-15-25(36)16-13-24)30-11-7-6-10-29(30)38(34(28)42)20-27-26-9-5-4-8-23(26)14-17-31(27)43-19-18-35;/h4-17,22,28H,3,18-21,36H2,1-2H3,(H,37,40);1H/t22-,28+;/m1./s1. The van der Waals surface area contributed by atoms with Gasteiger partial charge in [-0.2, -0.15) is 0 Å². The van der Waals surface area contributed by atoms with E-state index in [1.807, 2.05) is 37.3 Å². The fourth-order valence-corrected chi connectivity index (χ4v) is 5.25. The average Bonchev–Trinajstić information content (AvgIpc) is 3.14. The van der Waals surface area contributed by atoms with Crippen LogP contribution < -0.4 is 25.6 Å². The Morgan fingerprint density at radius 3 is 2.39 bits per heavy atom. The number of benzene rings is 4. The van der Waals surface area contributed by atoms with E-state index in [4.69, 9.17) is 10.5 Å². The number of ether oxygens (including phenoxy) is 1. The van der Waals surface area contributed by atoms with Gasteiger partial charge in [-0.05, 0) is 59.7 Å². The molecular weight excluding hydrogens is 583 g/mol. The average molecular weight is 619 g/mol. The highest BCUT2D eigenvalue weighted by Crippen LogP contribution is 2.37. The van der Waals surface area contributed by atoms with E-state index in [0.717, 1.165) is 10.8 Å². The van der Waals surface area contributed by atoms with Crippen molar-refractivity contribution in [3.63, 3.8) is 0 Å². The van der Waals surface area contributed by atoms with E-state index in [0.29, 0.717) is 40.4 Å². The Balaban J connectivity index is 0.00000442. The molecule has 230 valence electrons. The van der Waals surface area contributed by atoms with Gasteiger partial charge in [-0.3, -0.25) is 14.4 Å². The number of hydrogen-bond acceptors (Lipinski definition) is 5. The van der Waals surface area contributed by atoms with E-state index in [9.17, 15) is 18.8 Å². The van der Waals surface area contributed by atoms with E-state index in [1.54, 1.807) is 66.4 Å². The first-order valence-corrected chi connectivity index (χ1v) is 14.4. The molecule has 5 rings (SSSR count). The lowest BCUT2D eigenvalue weighted by atomic mass is 10.0. The van der Waals surface area contributed by atoms with Crippen LogP contribution in [0.25, 0.3) is 10.8 Å². The van der Waals surface area contributed by atoms with E-state index in [1.165, 1.54) is 4.90 Å². The molecule has 1 aliphatic rings. The van der Waals surface area contributed by atoms with Gasteiger partial charge in [0.2, 0.25) is 5.91 Å². The van der Waals surface area contributed by atoms with Crippen LogP contribution in [0.4, 0.5) is 21.5 Å². The molecule has 1 aliphatic heterocycles. The lowest BCUT2D eigenvalue weighted by molar-refractivity contribution is -0.129. The molecule has 44 heavy (non-hydrogen) atoms. The Morgan fingerprint density at radius 2 is 1.68 bits per heavy atom. The zero-order valence-electron chi connectivity index (χ0n) is 24.7. The molecule has 8 nitrogen and oxygen atoms in total. The van der Waals surface area contributed by atoms with Gasteiger partial charge in [0, 0.05) is 22.7 Å². The third-order valence-electron chi connectivity index (χ3n) is 7.82. The molecule has 0 aliphatic carbocycles. The van der Waals surface area contributed by atoms with E-state index < -0.39 is 12.7 Å². The number of nitrogens with one attached hydrogen (secondary N) is 1. The van der Waals surface area contributed by atoms with Crippen LogP contribution in [0.15, 0.2) is 84.9 Å². The molecule has 3 N–H and O–H groups in total. The monoisotopic (exact) mass is 618 g/mol. The highest BCUT2D eigenvalue weighted by molar-refractivity contribution is 6.13. The number of anilines is 3. The van der Waals surface area contributed by atoms with Crippen LogP contribution in [0.2, 0.25) is 0 Å². The summed E-state index contributed by atoms with van der Waals surface area (Å²) in [5.74, 6) is -0.848. The van der Waals surface area contributed by atoms with E-state index in [2.05, 4.69) is 5.32 Å². The third kappa shape index (κ3) is 6.63. The van der Waals surface area contributed by atoms with Crippen molar-refractivity contribution in [1.82, 2.24) is 5.32 Å². The maximum atomic E-state index is 14.4. The Bertz CT molecular complexity index is 1650. The molecule has 4 aromatic carbocycles. The number of para-hydroxylation sites is 2.